The molecule has 192 valence electrons. The van der Waals surface area contributed by atoms with E-state index in [-0.39, 0.29) is 35.0 Å². The highest BCUT2D eigenvalue weighted by atomic mass is 35.5. The average Bonchev–Trinajstić information content (AvgIpc) is 3.48. The summed E-state index contributed by atoms with van der Waals surface area (Å²) < 4.78 is 39.0. The molecule has 2 heterocycles. The van der Waals surface area contributed by atoms with Crippen molar-refractivity contribution in [1.82, 2.24) is 4.98 Å². The van der Waals surface area contributed by atoms with Crippen molar-refractivity contribution < 1.29 is 23.1 Å². The highest BCUT2D eigenvalue weighted by Crippen LogP contribution is 2.35. The number of hydrogen-bond donors (Lipinski definition) is 3. The van der Waals surface area contributed by atoms with Gasteiger partial charge in [0.25, 0.3) is 5.91 Å². The monoisotopic (exact) mass is 554 g/mol. The minimum absolute atomic E-state index is 0.00270. The number of anilines is 2. The van der Waals surface area contributed by atoms with E-state index in [1.165, 1.54) is 40.5 Å². The van der Waals surface area contributed by atoms with Crippen molar-refractivity contribution in [2.24, 2.45) is 0 Å². The van der Waals surface area contributed by atoms with E-state index in [0.29, 0.717) is 21.4 Å². The number of carbonyl (C=O) groups is 1. The summed E-state index contributed by atoms with van der Waals surface area (Å²) >= 11 is 7.25. The summed E-state index contributed by atoms with van der Waals surface area (Å²) in [4.78, 5) is 18.9. The number of halogens is 4. The van der Waals surface area contributed by atoms with Crippen LogP contribution in [0.3, 0.4) is 0 Å². The molecule has 38 heavy (non-hydrogen) atoms. The van der Waals surface area contributed by atoms with Gasteiger partial charge < -0.3 is 15.3 Å². The number of aromatic nitrogens is 1. The molecule has 0 spiro atoms. The molecule has 11 heteroatoms. The lowest BCUT2D eigenvalue weighted by atomic mass is 10.1. The number of nitrogens with one attached hydrogen (secondary N) is 2. The number of aliphatic hydroxyl groups is 1. The van der Waals surface area contributed by atoms with Crippen molar-refractivity contribution >= 4 is 51.6 Å². The van der Waals surface area contributed by atoms with Gasteiger partial charge in [-0.3, -0.25) is 10.2 Å². The van der Waals surface area contributed by atoms with E-state index in [0.717, 1.165) is 17.7 Å². The maximum atomic E-state index is 13.0. The largest absolute Gasteiger partial charge is 0.510 e. The van der Waals surface area contributed by atoms with Crippen LogP contribution >= 0.6 is 22.9 Å². The number of hydrogen-bond acceptors (Lipinski definition) is 5. The lowest BCUT2D eigenvalue weighted by Gasteiger charge is -2.19. The minimum atomic E-state index is -4.53. The summed E-state index contributed by atoms with van der Waals surface area (Å²) in [5, 5.41) is 24.8. The zero-order valence-corrected chi connectivity index (χ0v) is 21.0. The minimum Gasteiger partial charge on any atom is -0.510 e. The maximum Gasteiger partial charge on any atom is 0.416 e. The molecule has 0 saturated heterocycles. The van der Waals surface area contributed by atoms with E-state index in [4.69, 9.17) is 17.0 Å². The average molecular weight is 555 g/mol. The Morgan fingerprint density at radius 1 is 1.08 bits per heavy atom. The zero-order chi connectivity index (χ0) is 27.0. The van der Waals surface area contributed by atoms with Crippen LogP contribution in [-0.2, 0) is 6.18 Å². The maximum absolute atomic E-state index is 13.0. The molecule has 0 unspecified atom stereocenters. The summed E-state index contributed by atoms with van der Waals surface area (Å²) in [6.45, 7) is 0.00270. The van der Waals surface area contributed by atoms with Crippen molar-refractivity contribution in [2.45, 2.75) is 6.18 Å². The molecule has 0 saturated carbocycles. The van der Waals surface area contributed by atoms with Crippen LogP contribution in [0.5, 0.6) is 0 Å². The first kappa shape index (κ1) is 25.5. The Kier molecular flexibility index (Phi) is 6.68. The van der Waals surface area contributed by atoms with Gasteiger partial charge in [-0.15, -0.1) is 11.3 Å². The zero-order valence-electron chi connectivity index (χ0n) is 19.4. The molecular formula is C27H18ClF3N4O2S. The molecule has 0 bridgehead atoms. The molecule has 5 rings (SSSR count). The molecule has 3 N–H and O–H groups in total. The summed E-state index contributed by atoms with van der Waals surface area (Å²) in [6, 6.07) is 17.8. The smallest absolute Gasteiger partial charge is 0.416 e. The number of benzene rings is 3. The number of amides is 1. The quantitative estimate of drug-likeness (QED) is 0.238. The number of amidine groups is 1. The van der Waals surface area contributed by atoms with Gasteiger partial charge in [0, 0.05) is 32.9 Å². The molecule has 1 aliphatic rings. The summed E-state index contributed by atoms with van der Waals surface area (Å²) in [7, 11) is 0. The van der Waals surface area contributed by atoms with Crippen molar-refractivity contribution in [3.8, 4) is 11.3 Å². The molecule has 0 atom stereocenters. The van der Waals surface area contributed by atoms with Crippen LogP contribution in [0.25, 0.3) is 16.8 Å². The number of carbonyl (C=O) groups excluding carboxylic acids is 1. The topological polar surface area (TPSA) is 89.3 Å². The van der Waals surface area contributed by atoms with Crippen LogP contribution in [-0.4, -0.2) is 28.4 Å². The van der Waals surface area contributed by atoms with E-state index in [1.54, 1.807) is 24.3 Å². The Labute approximate surface area is 224 Å². The number of thiazole rings is 1. The van der Waals surface area contributed by atoms with E-state index in [2.05, 4.69) is 10.3 Å². The van der Waals surface area contributed by atoms with E-state index < -0.39 is 17.6 Å². The van der Waals surface area contributed by atoms with E-state index >= 15 is 0 Å². The molecule has 0 aliphatic carbocycles. The van der Waals surface area contributed by atoms with E-state index in [1.807, 2.05) is 17.5 Å². The lowest BCUT2D eigenvalue weighted by Crippen LogP contribution is -2.26. The molecular weight excluding hydrogens is 537 g/mol. The third-order valence-corrected chi connectivity index (χ3v) is 6.94. The second-order valence-electron chi connectivity index (χ2n) is 8.38. The number of nitrogens with zero attached hydrogens (tertiary/aromatic N) is 2. The van der Waals surface area contributed by atoms with Gasteiger partial charge in [-0.25, -0.2) is 4.98 Å². The van der Waals surface area contributed by atoms with Gasteiger partial charge in [0.2, 0.25) is 0 Å². The van der Waals surface area contributed by atoms with Gasteiger partial charge in [0.05, 0.1) is 23.4 Å². The van der Waals surface area contributed by atoms with Crippen LogP contribution in [0.15, 0.2) is 83.9 Å². The van der Waals surface area contributed by atoms with Crippen molar-refractivity contribution in [3.05, 3.63) is 105 Å². The van der Waals surface area contributed by atoms with Gasteiger partial charge in [0.15, 0.2) is 0 Å². The number of rotatable bonds is 5. The van der Waals surface area contributed by atoms with Crippen molar-refractivity contribution in [2.75, 3.05) is 16.8 Å². The Hall–Kier alpha value is -4.15. The van der Waals surface area contributed by atoms with Crippen molar-refractivity contribution in [1.29, 1.82) is 5.41 Å². The van der Waals surface area contributed by atoms with E-state index in [9.17, 15) is 23.1 Å². The predicted molar refractivity (Wildman–Crippen MR) is 143 cm³/mol. The fourth-order valence-corrected chi connectivity index (χ4v) is 4.98. The van der Waals surface area contributed by atoms with Gasteiger partial charge in [0.1, 0.15) is 16.6 Å². The first-order valence-electron chi connectivity index (χ1n) is 11.2. The third-order valence-electron chi connectivity index (χ3n) is 5.83. The second-order valence-corrected chi connectivity index (χ2v) is 9.68. The summed E-state index contributed by atoms with van der Waals surface area (Å²) in [5.41, 5.74) is 1.59. The Balaban J connectivity index is 1.34. The molecule has 3 aromatic carbocycles. The molecule has 0 radical (unpaired) electrons. The molecule has 1 aromatic heterocycles. The van der Waals surface area contributed by atoms with Crippen LogP contribution < -0.4 is 10.2 Å². The molecule has 1 aliphatic heterocycles. The Morgan fingerprint density at radius 3 is 2.55 bits per heavy atom. The number of aliphatic hydroxyl groups excluding tert-OH is 1. The fourth-order valence-electron chi connectivity index (χ4n) is 3.96. The van der Waals surface area contributed by atoms with Gasteiger partial charge in [-0.1, -0.05) is 35.9 Å². The SMILES string of the molecule is N=C1C(c2nc(-c3ccc(Cl)cc3)cs2)=C(O)CN1c1cccc(C(=O)Nc2cccc(C(F)(F)F)c2)c1. The van der Waals surface area contributed by atoms with Crippen molar-refractivity contribution in [3.63, 3.8) is 0 Å². The van der Waals surface area contributed by atoms with Crippen LogP contribution in [0.1, 0.15) is 20.9 Å². The van der Waals surface area contributed by atoms with Crippen LogP contribution in [0, 0.1) is 5.41 Å². The molecule has 6 nitrogen and oxygen atoms in total. The normalized spacial score (nSPS) is 13.8. The fraction of sp³-hybridized carbons (Fsp3) is 0.0741. The van der Waals surface area contributed by atoms with Gasteiger partial charge in [-0.2, -0.15) is 13.2 Å². The Morgan fingerprint density at radius 2 is 1.82 bits per heavy atom. The standard InChI is InChI=1S/C27H18ClF3N4O2S/c28-18-9-7-15(8-10-18)21-14-38-26(34-21)23-22(36)13-35(24(23)32)20-6-1-3-16(11-20)25(37)33-19-5-2-4-17(12-19)27(29,30)31/h1-12,14,32,36H,13H2,(H,33,37). The van der Waals surface area contributed by atoms with Crippen LogP contribution in [0.2, 0.25) is 5.02 Å². The number of alkyl halides is 3. The van der Waals surface area contributed by atoms with Crippen LogP contribution in [0.4, 0.5) is 24.5 Å². The Bertz CT molecular complexity index is 1580. The van der Waals surface area contributed by atoms with Gasteiger partial charge >= 0.3 is 6.18 Å². The predicted octanol–water partition coefficient (Wildman–Crippen LogP) is 7.50. The summed E-state index contributed by atoms with van der Waals surface area (Å²) in [5.74, 6) is -0.636. The highest BCUT2D eigenvalue weighted by Gasteiger charge is 2.32. The molecule has 4 aromatic rings. The highest BCUT2D eigenvalue weighted by molar-refractivity contribution is 7.11. The second kappa shape index (κ2) is 9.96. The van der Waals surface area contributed by atoms with Gasteiger partial charge in [-0.05, 0) is 48.5 Å². The first-order chi connectivity index (χ1) is 18.1. The first-order valence-corrected chi connectivity index (χ1v) is 12.4. The molecule has 1 amide bonds. The lowest BCUT2D eigenvalue weighted by molar-refractivity contribution is -0.137. The third kappa shape index (κ3) is 5.13. The summed E-state index contributed by atoms with van der Waals surface area (Å²) in [6.07, 6.45) is -4.53. The molecule has 0 fully saturated rings.